The van der Waals surface area contributed by atoms with Gasteiger partial charge in [0.1, 0.15) is 17.1 Å². The molecular formula is C35H30Cl2FN3O4. The zero-order chi connectivity index (χ0) is 31.5. The van der Waals surface area contributed by atoms with Crippen LogP contribution in [0, 0.1) is 5.82 Å². The van der Waals surface area contributed by atoms with Crippen LogP contribution in [0.4, 0.5) is 10.1 Å². The summed E-state index contributed by atoms with van der Waals surface area (Å²) in [6, 6.07) is 24.1. The maximum atomic E-state index is 16.1. The van der Waals surface area contributed by atoms with Gasteiger partial charge in [-0.1, -0.05) is 65.7 Å². The molecule has 0 radical (unpaired) electrons. The first-order valence-corrected chi connectivity index (χ1v) is 15.6. The first kappa shape index (κ1) is 29.7. The van der Waals surface area contributed by atoms with E-state index in [0.717, 1.165) is 22.4 Å². The Labute approximate surface area is 269 Å². The number of carbonyl (C=O) groups excluding carboxylic acids is 1. The summed E-state index contributed by atoms with van der Waals surface area (Å²) in [5.74, 6) is -1.77. The van der Waals surface area contributed by atoms with Gasteiger partial charge in [0, 0.05) is 46.9 Å². The van der Waals surface area contributed by atoms with E-state index < -0.39 is 23.2 Å². The van der Waals surface area contributed by atoms with E-state index in [0.29, 0.717) is 35.8 Å². The maximum Gasteiger partial charge on any atom is 0.335 e. The fraction of sp³-hybridized carbons (Fsp3) is 0.257. The molecule has 3 aliphatic rings. The Bertz CT molecular complexity index is 1820. The lowest BCUT2D eigenvalue weighted by Gasteiger charge is -2.41. The number of ether oxygens (including phenoxy) is 1. The number of aromatic carboxylic acids is 1. The number of hydrogen-bond acceptors (Lipinski definition) is 5. The predicted octanol–water partition coefficient (Wildman–Crippen LogP) is 7.15. The molecule has 7 rings (SSSR count). The molecule has 0 aromatic heterocycles. The smallest absolute Gasteiger partial charge is 0.335 e. The highest BCUT2D eigenvalue weighted by molar-refractivity contribution is 6.31. The molecular weight excluding hydrogens is 616 g/mol. The van der Waals surface area contributed by atoms with E-state index in [9.17, 15) is 14.7 Å². The molecule has 3 heterocycles. The van der Waals surface area contributed by atoms with E-state index in [1.54, 1.807) is 36.4 Å². The van der Waals surface area contributed by atoms with Crippen molar-refractivity contribution in [2.45, 2.75) is 49.5 Å². The Hall–Kier alpha value is -3.95. The highest BCUT2D eigenvalue weighted by atomic mass is 35.5. The third-order valence-corrected chi connectivity index (χ3v) is 9.90. The molecule has 5 atom stereocenters. The van der Waals surface area contributed by atoms with Crippen molar-refractivity contribution < 1.29 is 23.8 Å². The van der Waals surface area contributed by atoms with Crippen LogP contribution in [0.2, 0.25) is 10.0 Å². The van der Waals surface area contributed by atoms with Gasteiger partial charge in [-0.3, -0.25) is 9.69 Å². The van der Waals surface area contributed by atoms with Gasteiger partial charge in [-0.25, -0.2) is 9.18 Å². The van der Waals surface area contributed by atoms with Gasteiger partial charge in [-0.05, 0) is 72.5 Å². The summed E-state index contributed by atoms with van der Waals surface area (Å²) in [5.41, 5.74) is 2.41. The van der Waals surface area contributed by atoms with Gasteiger partial charge in [0.05, 0.1) is 17.2 Å². The van der Waals surface area contributed by atoms with Crippen molar-refractivity contribution in [2.24, 2.45) is 0 Å². The average Bonchev–Trinajstić information content (AvgIpc) is 3.65. The van der Waals surface area contributed by atoms with Gasteiger partial charge in [0.2, 0.25) is 5.91 Å². The fourth-order valence-electron chi connectivity index (χ4n) is 7.63. The number of carbonyl (C=O) groups is 2. The number of benzene rings is 4. The topological polar surface area (TPSA) is 90.9 Å². The molecule has 1 amide bonds. The summed E-state index contributed by atoms with van der Waals surface area (Å²) in [7, 11) is 0. The summed E-state index contributed by atoms with van der Waals surface area (Å²) in [5, 5.41) is 16.7. The summed E-state index contributed by atoms with van der Waals surface area (Å²) >= 11 is 12.8. The summed E-state index contributed by atoms with van der Waals surface area (Å²) in [6.45, 7) is 2.82. The molecule has 0 bridgehead atoms. The van der Waals surface area contributed by atoms with Crippen LogP contribution >= 0.6 is 23.2 Å². The van der Waals surface area contributed by atoms with Gasteiger partial charge in [-0.2, -0.15) is 0 Å². The number of carboxylic acid groups (broad SMARTS) is 1. The van der Waals surface area contributed by atoms with Crippen LogP contribution in [-0.4, -0.2) is 40.6 Å². The number of likely N-dealkylation sites (tertiary alicyclic amines) is 1. The molecule has 45 heavy (non-hydrogen) atoms. The average molecular weight is 647 g/mol. The van der Waals surface area contributed by atoms with Crippen molar-refractivity contribution in [3.05, 3.63) is 129 Å². The number of nitrogens with zero attached hydrogens (tertiary/aromatic N) is 1. The third kappa shape index (κ3) is 4.79. The first-order chi connectivity index (χ1) is 21.7. The number of amides is 1. The molecule has 0 aliphatic carbocycles. The van der Waals surface area contributed by atoms with Crippen molar-refractivity contribution in [2.75, 3.05) is 11.9 Å². The second kappa shape index (κ2) is 11.4. The van der Waals surface area contributed by atoms with E-state index >= 15 is 4.39 Å². The molecule has 2 saturated heterocycles. The minimum atomic E-state index is -1.30. The standard InChI is InChI=1S/C35H30Cl2FN3O4/c1-2-45-23-6-3-5-19(15-23)18-41-29-17-27(20-9-11-21(12-10-20)33(42)43)39-32(29)30(24-7-4-8-26(37)31(24)38)35(41)25-14-13-22(36)16-28(25)40-34(35)44/h3-16,27,29-30,32,39H,2,17-18H2,1H3,(H,40,44)(H,42,43)/t27-,29+,30+,32-,35-/m1/s1. The maximum absolute atomic E-state index is 16.1. The summed E-state index contributed by atoms with van der Waals surface area (Å²) < 4.78 is 21.9. The van der Waals surface area contributed by atoms with Crippen molar-refractivity contribution in [1.82, 2.24) is 10.2 Å². The quantitative estimate of drug-likeness (QED) is 0.198. The Morgan fingerprint density at radius 3 is 2.60 bits per heavy atom. The van der Waals surface area contributed by atoms with E-state index in [1.165, 1.54) is 6.07 Å². The SMILES string of the molecule is CCOc1cccc(CN2[C@H]3C[C@H](c4ccc(C(=O)O)cc4)N[C@H]3[C@H](c3cccc(Cl)c3F)[C@]23C(=O)Nc2cc(Cl)ccc23)c1. The number of hydrogen-bond donors (Lipinski definition) is 3. The van der Waals surface area contributed by atoms with Gasteiger partial charge in [0.15, 0.2) is 0 Å². The highest BCUT2D eigenvalue weighted by Crippen LogP contribution is 2.61. The number of anilines is 1. The van der Waals surface area contributed by atoms with Crippen LogP contribution in [-0.2, 0) is 16.9 Å². The van der Waals surface area contributed by atoms with Crippen LogP contribution in [0.25, 0.3) is 0 Å². The molecule has 3 aliphatic heterocycles. The number of carboxylic acids is 1. The molecule has 10 heteroatoms. The summed E-state index contributed by atoms with van der Waals surface area (Å²) in [4.78, 5) is 28.2. The van der Waals surface area contributed by atoms with Crippen LogP contribution in [0.5, 0.6) is 5.75 Å². The molecule has 0 unspecified atom stereocenters. The number of nitrogens with one attached hydrogen (secondary N) is 2. The minimum Gasteiger partial charge on any atom is -0.494 e. The molecule has 1 spiro atoms. The van der Waals surface area contributed by atoms with E-state index in [4.69, 9.17) is 27.9 Å². The van der Waals surface area contributed by atoms with E-state index in [1.807, 2.05) is 49.4 Å². The molecule has 2 fully saturated rings. The van der Waals surface area contributed by atoms with Crippen LogP contribution in [0.3, 0.4) is 0 Å². The normalized spacial score (nSPS) is 25.3. The molecule has 4 aromatic carbocycles. The van der Waals surface area contributed by atoms with Crippen LogP contribution in [0.15, 0.2) is 84.9 Å². The zero-order valence-electron chi connectivity index (χ0n) is 24.3. The summed E-state index contributed by atoms with van der Waals surface area (Å²) in [6.07, 6.45) is 0.596. The Kier molecular flexibility index (Phi) is 7.56. The number of fused-ring (bicyclic) bond motifs is 3. The Balaban J connectivity index is 1.41. The van der Waals surface area contributed by atoms with Crippen molar-refractivity contribution in [3.8, 4) is 5.75 Å². The number of halogens is 3. The highest BCUT2D eigenvalue weighted by Gasteiger charge is 2.68. The van der Waals surface area contributed by atoms with Crippen molar-refractivity contribution in [3.63, 3.8) is 0 Å². The lowest BCUT2D eigenvalue weighted by Crippen LogP contribution is -2.52. The van der Waals surface area contributed by atoms with Gasteiger partial charge in [-0.15, -0.1) is 0 Å². The van der Waals surface area contributed by atoms with Crippen LogP contribution < -0.4 is 15.4 Å². The molecule has 4 aromatic rings. The largest absolute Gasteiger partial charge is 0.494 e. The second-order valence-electron chi connectivity index (χ2n) is 11.7. The number of rotatable bonds is 7. The molecule has 7 nitrogen and oxygen atoms in total. The second-order valence-corrected chi connectivity index (χ2v) is 12.6. The third-order valence-electron chi connectivity index (χ3n) is 9.37. The minimum absolute atomic E-state index is 0.0180. The van der Waals surface area contributed by atoms with Crippen molar-refractivity contribution in [1.29, 1.82) is 0 Å². The van der Waals surface area contributed by atoms with E-state index in [-0.39, 0.29) is 34.6 Å². The van der Waals surface area contributed by atoms with Crippen LogP contribution in [0.1, 0.15) is 57.9 Å². The lowest BCUT2D eigenvalue weighted by atomic mass is 9.73. The molecule has 3 N–H and O–H groups in total. The zero-order valence-corrected chi connectivity index (χ0v) is 25.8. The molecule has 230 valence electrons. The monoisotopic (exact) mass is 645 g/mol. The lowest BCUT2D eigenvalue weighted by molar-refractivity contribution is -0.128. The Morgan fingerprint density at radius 1 is 1.07 bits per heavy atom. The Morgan fingerprint density at radius 2 is 1.84 bits per heavy atom. The molecule has 0 saturated carbocycles. The predicted molar refractivity (Wildman–Crippen MR) is 171 cm³/mol. The van der Waals surface area contributed by atoms with E-state index in [2.05, 4.69) is 15.5 Å². The van der Waals surface area contributed by atoms with Gasteiger partial charge < -0.3 is 20.5 Å². The fourth-order valence-corrected chi connectivity index (χ4v) is 7.99. The van der Waals surface area contributed by atoms with Crippen molar-refractivity contribution >= 4 is 40.8 Å². The van der Waals surface area contributed by atoms with Gasteiger partial charge >= 0.3 is 5.97 Å². The first-order valence-electron chi connectivity index (χ1n) is 14.9. The van der Waals surface area contributed by atoms with Gasteiger partial charge in [0.25, 0.3) is 0 Å².